The summed E-state index contributed by atoms with van der Waals surface area (Å²) in [7, 11) is 1.33. The number of hydrogen-bond acceptors (Lipinski definition) is 3. The van der Waals surface area contributed by atoms with Gasteiger partial charge in [-0.2, -0.15) is 0 Å². The SMILES string of the molecule is COC(=O)Nc1ccc(NCc2ccccc2Cl)cc1. The number of rotatable bonds is 4. The minimum Gasteiger partial charge on any atom is -0.453 e. The van der Waals surface area contributed by atoms with E-state index in [-0.39, 0.29) is 0 Å². The van der Waals surface area contributed by atoms with Crippen molar-refractivity contribution >= 4 is 29.1 Å². The first kappa shape index (κ1) is 14.2. The number of hydrogen-bond donors (Lipinski definition) is 2. The van der Waals surface area contributed by atoms with E-state index in [1.54, 1.807) is 12.1 Å². The zero-order chi connectivity index (χ0) is 14.4. The largest absolute Gasteiger partial charge is 0.453 e. The first-order chi connectivity index (χ1) is 9.69. The van der Waals surface area contributed by atoms with Crippen molar-refractivity contribution < 1.29 is 9.53 Å². The van der Waals surface area contributed by atoms with E-state index in [1.165, 1.54) is 7.11 Å². The molecule has 2 rings (SSSR count). The van der Waals surface area contributed by atoms with Gasteiger partial charge in [-0.3, -0.25) is 5.32 Å². The second-order valence-corrected chi connectivity index (χ2v) is 4.55. The molecule has 0 radical (unpaired) electrons. The summed E-state index contributed by atoms with van der Waals surface area (Å²) in [5, 5.41) is 6.60. The maximum Gasteiger partial charge on any atom is 0.411 e. The van der Waals surface area contributed by atoms with Crippen molar-refractivity contribution in [3.8, 4) is 0 Å². The number of halogens is 1. The van der Waals surface area contributed by atoms with Crippen LogP contribution in [0.25, 0.3) is 0 Å². The molecule has 4 nitrogen and oxygen atoms in total. The smallest absolute Gasteiger partial charge is 0.411 e. The second-order valence-electron chi connectivity index (χ2n) is 4.14. The van der Waals surface area contributed by atoms with Crippen LogP contribution in [0.2, 0.25) is 5.02 Å². The second kappa shape index (κ2) is 6.82. The molecular weight excluding hydrogens is 276 g/mol. The maximum absolute atomic E-state index is 11.1. The zero-order valence-corrected chi connectivity index (χ0v) is 11.8. The van der Waals surface area contributed by atoms with Gasteiger partial charge in [0.15, 0.2) is 0 Å². The van der Waals surface area contributed by atoms with Gasteiger partial charge in [0.2, 0.25) is 0 Å². The molecule has 0 atom stereocenters. The molecule has 1 amide bonds. The van der Waals surface area contributed by atoms with E-state index in [2.05, 4.69) is 15.4 Å². The van der Waals surface area contributed by atoms with Crippen molar-refractivity contribution in [1.82, 2.24) is 0 Å². The van der Waals surface area contributed by atoms with Gasteiger partial charge in [0.1, 0.15) is 0 Å². The van der Waals surface area contributed by atoms with Gasteiger partial charge < -0.3 is 10.1 Å². The van der Waals surface area contributed by atoms with E-state index < -0.39 is 6.09 Å². The molecule has 2 aromatic carbocycles. The van der Waals surface area contributed by atoms with Crippen LogP contribution in [0, 0.1) is 0 Å². The Morgan fingerprint density at radius 3 is 2.40 bits per heavy atom. The fraction of sp³-hybridized carbons (Fsp3) is 0.133. The van der Waals surface area contributed by atoms with Crippen LogP contribution in [0.5, 0.6) is 0 Å². The molecular formula is C15H15ClN2O2. The van der Waals surface area contributed by atoms with E-state index >= 15 is 0 Å². The highest BCUT2D eigenvalue weighted by Gasteiger charge is 2.01. The lowest BCUT2D eigenvalue weighted by atomic mass is 10.2. The summed E-state index contributed by atoms with van der Waals surface area (Å²) in [6, 6.07) is 15.0. The molecule has 5 heteroatoms. The van der Waals surface area contributed by atoms with Crippen LogP contribution in [-0.2, 0) is 11.3 Å². The minimum atomic E-state index is -0.484. The van der Waals surface area contributed by atoms with Gasteiger partial charge >= 0.3 is 6.09 Å². The molecule has 0 heterocycles. The van der Waals surface area contributed by atoms with E-state index in [1.807, 2.05) is 36.4 Å². The van der Waals surface area contributed by atoms with Crippen LogP contribution < -0.4 is 10.6 Å². The Hall–Kier alpha value is -2.20. The van der Waals surface area contributed by atoms with Gasteiger partial charge in [0.05, 0.1) is 7.11 Å². The molecule has 0 aromatic heterocycles. The molecule has 0 aliphatic rings. The topological polar surface area (TPSA) is 50.4 Å². The lowest BCUT2D eigenvalue weighted by molar-refractivity contribution is 0.187. The third kappa shape index (κ3) is 3.90. The quantitative estimate of drug-likeness (QED) is 0.890. The van der Waals surface area contributed by atoms with Gasteiger partial charge in [-0.1, -0.05) is 29.8 Å². The van der Waals surface area contributed by atoms with Crippen molar-refractivity contribution in [2.45, 2.75) is 6.54 Å². The van der Waals surface area contributed by atoms with E-state index in [0.29, 0.717) is 12.2 Å². The van der Waals surface area contributed by atoms with Gasteiger partial charge in [0, 0.05) is 22.9 Å². The number of ether oxygens (including phenoxy) is 1. The summed E-state index contributed by atoms with van der Waals surface area (Å²) >= 11 is 6.09. The number of nitrogens with one attached hydrogen (secondary N) is 2. The summed E-state index contributed by atoms with van der Waals surface area (Å²) < 4.78 is 4.52. The molecule has 104 valence electrons. The van der Waals surface area contributed by atoms with Gasteiger partial charge in [0.25, 0.3) is 0 Å². The van der Waals surface area contributed by atoms with Gasteiger partial charge in [-0.15, -0.1) is 0 Å². The summed E-state index contributed by atoms with van der Waals surface area (Å²) in [5.41, 5.74) is 2.66. The Labute approximate surface area is 122 Å². The monoisotopic (exact) mass is 290 g/mol. The number of anilines is 2. The first-order valence-electron chi connectivity index (χ1n) is 6.11. The van der Waals surface area contributed by atoms with Crippen LogP contribution in [0.15, 0.2) is 48.5 Å². The average molecular weight is 291 g/mol. The van der Waals surface area contributed by atoms with Crippen LogP contribution in [0.4, 0.5) is 16.2 Å². The third-order valence-corrected chi connectivity index (χ3v) is 3.13. The Kier molecular flexibility index (Phi) is 4.85. The Morgan fingerprint density at radius 2 is 1.75 bits per heavy atom. The number of carbonyl (C=O) groups is 1. The van der Waals surface area contributed by atoms with Crippen LogP contribution in [0.3, 0.4) is 0 Å². The van der Waals surface area contributed by atoms with Gasteiger partial charge in [-0.05, 0) is 35.9 Å². The lowest BCUT2D eigenvalue weighted by Crippen LogP contribution is -2.10. The lowest BCUT2D eigenvalue weighted by Gasteiger charge is -2.09. The molecule has 0 aliphatic heterocycles. The fourth-order valence-corrected chi connectivity index (χ4v) is 1.88. The first-order valence-corrected chi connectivity index (χ1v) is 6.49. The summed E-state index contributed by atoms with van der Waals surface area (Å²) in [5.74, 6) is 0. The standard InChI is InChI=1S/C15H15ClN2O2/c1-20-15(19)18-13-8-6-12(7-9-13)17-10-11-4-2-3-5-14(11)16/h2-9,17H,10H2,1H3,(H,18,19). The molecule has 0 saturated carbocycles. The van der Waals surface area contributed by atoms with Crippen molar-refractivity contribution in [3.05, 3.63) is 59.1 Å². The predicted octanol–water partition coefficient (Wildman–Crippen LogP) is 4.13. The van der Waals surface area contributed by atoms with E-state index in [0.717, 1.165) is 16.3 Å². The molecule has 0 spiro atoms. The summed E-state index contributed by atoms with van der Waals surface area (Å²) in [6.07, 6.45) is -0.484. The van der Waals surface area contributed by atoms with Crippen molar-refractivity contribution in [2.24, 2.45) is 0 Å². The number of amides is 1. The molecule has 2 aromatic rings. The van der Waals surface area contributed by atoms with Gasteiger partial charge in [-0.25, -0.2) is 4.79 Å². The van der Waals surface area contributed by atoms with Crippen LogP contribution in [-0.4, -0.2) is 13.2 Å². The van der Waals surface area contributed by atoms with Crippen molar-refractivity contribution in [2.75, 3.05) is 17.7 Å². The van der Waals surface area contributed by atoms with Crippen LogP contribution >= 0.6 is 11.6 Å². The van der Waals surface area contributed by atoms with E-state index in [9.17, 15) is 4.79 Å². The summed E-state index contributed by atoms with van der Waals surface area (Å²) in [6.45, 7) is 0.642. The fourth-order valence-electron chi connectivity index (χ4n) is 1.68. The predicted molar refractivity (Wildman–Crippen MR) is 81.2 cm³/mol. The minimum absolute atomic E-state index is 0.484. The highest BCUT2D eigenvalue weighted by molar-refractivity contribution is 6.31. The zero-order valence-electron chi connectivity index (χ0n) is 11.0. The highest BCUT2D eigenvalue weighted by Crippen LogP contribution is 2.18. The van der Waals surface area contributed by atoms with E-state index in [4.69, 9.17) is 11.6 Å². The Morgan fingerprint density at radius 1 is 1.10 bits per heavy atom. The number of carbonyl (C=O) groups excluding carboxylic acids is 1. The highest BCUT2D eigenvalue weighted by atomic mass is 35.5. The average Bonchev–Trinajstić information content (AvgIpc) is 2.48. The molecule has 2 N–H and O–H groups in total. The molecule has 20 heavy (non-hydrogen) atoms. The molecule has 0 fully saturated rings. The summed E-state index contributed by atoms with van der Waals surface area (Å²) in [4.78, 5) is 11.1. The Bertz CT molecular complexity index is 585. The van der Waals surface area contributed by atoms with Crippen molar-refractivity contribution in [1.29, 1.82) is 0 Å². The van der Waals surface area contributed by atoms with Crippen LogP contribution in [0.1, 0.15) is 5.56 Å². The number of methoxy groups -OCH3 is 1. The number of benzene rings is 2. The molecule has 0 bridgehead atoms. The maximum atomic E-state index is 11.1. The normalized spacial score (nSPS) is 9.90. The Balaban J connectivity index is 1.94. The molecule has 0 aliphatic carbocycles. The molecule has 0 unspecified atom stereocenters. The van der Waals surface area contributed by atoms with Crippen molar-refractivity contribution in [3.63, 3.8) is 0 Å². The third-order valence-electron chi connectivity index (χ3n) is 2.76. The molecule has 0 saturated heterocycles.